The number of likely N-dealkylation sites (tertiary alicyclic amines) is 1. The minimum atomic E-state index is 0. The molecule has 1 aromatic carbocycles. The zero-order valence-corrected chi connectivity index (χ0v) is 17.3. The van der Waals surface area contributed by atoms with Crippen LogP contribution in [0, 0.1) is 17.2 Å². The number of nitriles is 1. The molecule has 0 radical (unpaired) electrons. The summed E-state index contributed by atoms with van der Waals surface area (Å²) < 4.78 is 0. The molecule has 1 atom stereocenters. The van der Waals surface area contributed by atoms with E-state index in [9.17, 15) is 0 Å². The summed E-state index contributed by atoms with van der Waals surface area (Å²) >= 11 is 0. The quantitative estimate of drug-likeness (QED) is 0.679. The fraction of sp³-hybridized carbons (Fsp3) is 0.611. The molecule has 1 aliphatic heterocycles. The van der Waals surface area contributed by atoms with E-state index in [0.29, 0.717) is 5.56 Å². The van der Waals surface area contributed by atoms with Crippen LogP contribution in [-0.4, -0.2) is 44.2 Å². The molecule has 0 spiro atoms. The average Bonchev–Trinajstić information content (AvgIpc) is 2.54. The van der Waals surface area contributed by atoms with Crippen LogP contribution < -0.4 is 11.1 Å². The summed E-state index contributed by atoms with van der Waals surface area (Å²) in [5, 5.41) is 12.4. The van der Waals surface area contributed by atoms with Gasteiger partial charge in [-0.3, -0.25) is 0 Å². The maximum atomic E-state index is 8.79. The molecule has 1 heterocycles. The lowest BCUT2D eigenvalue weighted by molar-refractivity contribution is 0.216. The van der Waals surface area contributed by atoms with Gasteiger partial charge in [-0.2, -0.15) is 5.26 Å². The number of rotatable bonds is 7. The molecule has 0 aromatic heterocycles. The van der Waals surface area contributed by atoms with Crippen molar-refractivity contribution in [2.75, 3.05) is 33.2 Å². The molecule has 0 bridgehead atoms. The fourth-order valence-electron chi connectivity index (χ4n) is 2.98. The first-order valence-electron chi connectivity index (χ1n) is 8.31. The molecule has 1 aromatic rings. The van der Waals surface area contributed by atoms with Crippen LogP contribution in [0.4, 0.5) is 0 Å². The number of halogens is 3. The van der Waals surface area contributed by atoms with Crippen LogP contribution in [0.5, 0.6) is 0 Å². The first kappa shape index (κ1) is 26.7. The van der Waals surface area contributed by atoms with Crippen molar-refractivity contribution in [3.05, 3.63) is 35.4 Å². The Hall–Kier alpha value is -0.540. The third-order valence-corrected chi connectivity index (χ3v) is 4.54. The van der Waals surface area contributed by atoms with Gasteiger partial charge in [0.25, 0.3) is 0 Å². The second-order valence-electron chi connectivity index (χ2n) is 6.51. The van der Waals surface area contributed by atoms with Gasteiger partial charge in [-0.05, 0) is 82.5 Å². The average molecular weight is 410 g/mol. The van der Waals surface area contributed by atoms with Gasteiger partial charge in [-0.1, -0.05) is 12.1 Å². The number of benzene rings is 1. The normalized spacial score (nSPS) is 15.9. The number of hydrogen-bond acceptors (Lipinski definition) is 4. The molecule has 1 fully saturated rings. The molecule has 0 saturated carbocycles. The van der Waals surface area contributed by atoms with E-state index in [4.69, 9.17) is 11.0 Å². The Balaban J connectivity index is 0. The van der Waals surface area contributed by atoms with Crippen LogP contribution in [-0.2, 0) is 6.42 Å². The Kier molecular flexibility index (Phi) is 15.6. The first-order valence-corrected chi connectivity index (χ1v) is 8.31. The lowest BCUT2D eigenvalue weighted by Gasteiger charge is -2.29. The van der Waals surface area contributed by atoms with Crippen LogP contribution >= 0.6 is 37.2 Å². The van der Waals surface area contributed by atoms with E-state index in [1.165, 1.54) is 31.5 Å². The SMILES string of the molecule is CN1CCC(CNCC[C@H](N)Cc2ccc(C#N)cc2)CC1.Cl.Cl.Cl. The number of nitrogens with one attached hydrogen (secondary N) is 1. The van der Waals surface area contributed by atoms with Gasteiger partial charge >= 0.3 is 0 Å². The van der Waals surface area contributed by atoms with Gasteiger partial charge < -0.3 is 16.0 Å². The summed E-state index contributed by atoms with van der Waals surface area (Å²) in [4.78, 5) is 2.41. The minimum absolute atomic E-state index is 0. The van der Waals surface area contributed by atoms with E-state index < -0.39 is 0 Å². The molecular weight excluding hydrogens is 379 g/mol. The monoisotopic (exact) mass is 408 g/mol. The van der Waals surface area contributed by atoms with Crippen molar-refractivity contribution in [3.63, 3.8) is 0 Å². The smallest absolute Gasteiger partial charge is 0.0991 e. The topological polar surface area (TPSA) is 65.1 Å². The summed E-state index contributed by atoms with van der Waals surface area (Å²) in [6.45, 7) is 4.57. The highest BCUT2D eigenvalue weighted by molar-refractivity contribution is 5.86. The van der Waals surface area contributed by atoms with Gasteiger partial charge in [-0.25, -0.2) is 0 Å². The molecule has 0 aliphatic carbocycles. The molecular formula is C18H31Cl3N4. The zero-order valence-electron chi connectivity index (χ0n) is 14.8. The molecule has 4 nitrogen and oxygen atoms in total. The molecule has 3 N–H and O–H groups in total. The van der Waals surface area contributed by atoms with Gasteiger partial charge in [0.15, 0.2) is 0 Å². The van der Waals surface area contributed by atoms with Crippen LogP contribution in [0.25, 0.3) is 0 Å². The van der Waals surface area contributed by atoms with Gasteiger partial charge in [-0.15, -0.1) is 37.2 Å². The van der Waals surface area contributed by atoms with Crippen molar-refractivity contribution in [3.8, 4) is 6.07 Å². The highest BCUT2D eigenvalue weighted by Gasteiger charge is 2.15. The fourth-order valence-corrected chi connectivity index (χ4v) is 2.98. The summed E-state index contributed by atoms with van der Waals surface area (Å²) in [6.07, 6.45) is 4.48. The van der Waals surface area contributed by atoms with Gasteiger partial charge in [0.2, 0.25) is 0 Å². The Labute approximate surface area is 170 Å². The van der Waals surface area contributed by atoms with Gasteiger partial charge in [0.05, 0.1) is 11.6 Å². The van der Waals surface area contributed by atoms with Crippen molar-refractivity contribution < 1.29 is 0 Å². The molecule has 1 aliphatic rings. The highest BCUT2D eigenvalue weighted by atomic mass is 35.5. The minimum Gasteiger partial charge on any atom is -0.327 e. The number of hydrogen-bond donors (Lipinski definition) is 2. The van der Waals surface area contributed by atoms with E-state index in [1.54, 1.807) is 0 Å². The summed E-state index contributed by atoms with van der Waals surface area (Å²) in [5.74, 6) is 0.825. The molecule has 2 rings (SSSR count). The number of nitrogens with two attached hydrogens (primary N) is 1. The number of piperidine rings is 1. The van der Waals surface area contributed by atoms with E-state index in [1.807, 2.05) is 24.3 Å². The molecule has 0 amide bonds. The van der Waals surface area contributed by atoms with Crippen LogP contribution in [0.3, 0.4) is 0 Å². The van der Waals surface area contributed by atoms with E-state index >= 15 is 0 Å². The lowest BCUT2D eigenvalue weighted by atomic mass is 9.97. The van der Waals surface area contributed by atoms with E-state index in [0.717, 1.165) is 31.8 Å². The first-order chi connectivity index (χ1) is 10.7. The molecule has 7 heteroatoms. The Morgan fingerprint density at radius 2 is 1.80 bits per heavy atom. The van der Waals surface area contributed by atoms with E-state index in [2.05, 4.69) is 23.3 Å². The Morgan fingerprint density at radius 1 is 1.20 bits per heavy atom. The van der Waals surface area contributed by atoms with E-state index in [-0.39, 0.29) is 43.3 Å². The van der Waals surface area contributed by atoms with Crippen molar-refractivity contribution in [2.45, 2.75) is 31.7 Å². The second kappa shape index (κ2) is 14.6. The zero-order chi connectivity index (χ0) is 15.8. The van der Waals surface area contributed by atoms with Crippen molar-refractivity contribution in [2.24, 2.45) is 11.7 Å². The summed E-state index contributed by atoms with van der Waals surface area (Å²) in [7, 11) is 2.20. The predicted molar refractivity (Wildman–Crippen MR) is 112 cm³/mol. The Morgan fingerprint density at radius 3 is 2.36 bits per heavy atom. The van der Waals surface area contributed by atoms with Crippen LogP contribution in [0.1, 0.15) is 30.4 Å². The number of nitrogens with zero attached hydrogens (tertiary/aromatic N) is 2. The standard InChI is InChI=1S/C18H28N4.3ClH/c1-22-10-7-17(8-11-22)14-21-9-6-18(20)12-15-2-4-16(13-19)5-3-15;;;/h2-5,17-18,21H,6-12,14,20H2,1H3;3*1H/t18-;;;/m0.../s1. The molecule has 1 saturated heterocycles. The third-order valence-electron chi connectivity index (χ3n) is 4.54. The molecule has 0 unspecified atom stereocenters. The van der Waals surface area contributed by atoms with Crippen molar-refractivity contribution >= 4 is 37.2 Å². The van der Waals surface area contributed by atoms with Crippen molar-refractivity contribution in [1.29, 1.82) is 5.26 Å². The van der Waals surface area contributed by atoms with Crippen molar-refractivity contribution in [1.82, 2.24) is 10.2 Å². The highest BCUT2D eigenvalue weighted by Crippen LogP contribution is 2.14. The van der Waals surface area contributed by atoms with Crippen LogP contribution in [0.2, 0.25) is 0 Å². The maximum Gasteiger partial charge on any atom is 0.0991 e. The third kappa shape index (κ3) is 10.3. The Bertz CT molecular complexity index is 482. The lowest BCUT2D eigenvalue weighted by Crippen LogP contribution is -2.36. The largest absolute Gasteiger partial charge is 0.327 e. The maximum absolute atomic E-state index is 8.79. The molecule has 25 heavy (non-hydrogen) atoms. The van der Waals surface area contributed by atoms with Gasteiger partial charge in [0.1, 0.15) is 0 Å². The second-order valence-corrected chi connectivity index (χ2v) is 6.51. The predicted octanol–water partition coefficient (Wildman–Crippen LogP) is 3.01. The van der Waals surface area contributed by atoms with Gasteiger partial charge in [0, 0.05) is 6.04 Å². The summed E-state index contributed by atoms with van der Waals surface area (Å²) in [5.41, 5.74) is 8.12. The molecule has 144 valence electrons. The summed E-state index contributed by atoms with van der Waals surface area (Å²) in [6, 6.07) is 10.0. The van der Waals surface area contributed by atoms with Crippen LogP contribution in [0.15, 0.2) is 24.3 Å².